The average Bonchev–Trinajstić information content (AvgIpc) is 2.45. The van der Waals surface area contributed by atoms with Crippen LogP contribution in [0.5, 0.6) is 0 Å². The van der Waals surface area contributed by atoms with Gasteiger partial charge in [-0.2, -0.15) is 26.3 Å². The molecule has 1 heterocycles. The Labute approximate surface area is 134 Å². The number of benzene rings is 1. The van der Waals surface area contributed by atoms with E-state index in [0.717, 1.165) is 12.1 Å². The van der Waals surface area contributed by atoms with E-state index in [9.17, 15) is 31.4 Å². The number of alkyl halides is 6. The Morgan fingerprint density at radius 3 is 1.70 bits per heavy atom. The van der Waals surface area contributed by atoms with Crippen LogP contribution in [0.2, 0.25) is 0 Å². The van der Waals surface area contributed by atoms with Crippen molar-refractivity contribution in [3.8, 4) is 0 Å². The Kier molecular flexibility index (Phi) is 5.82. The van der Waals surface area contributed by atoms with Crippen molar-refractivity contribution in [1.82, 2.24) is 5.32 Å². The molecule has 1 aliphatic heterocycles. The van der Waals surface area contributed by atoms with Gasteiger partial charge in [-0.15, -0.1) is 12.4 Å². The van der Waals surface area contributed by atoms with Gasteiger partial charge in [0.1, 0.15) is 0 Å². The molecule has 1 aliphatic rings. The zero-order valence-corrected chi connectivity index (χ0v) is 12.5. The lowest BCUT2D eigenvalue weighted by molar-refractivity contribution is -0.376. The van der Waals surface area contributed by atoms with Crippen LogP contribution in [-0.4, -0.2) is 43.6 Å². The minimum atomic E-state index is -5.86. The second kappa shape index (κ2) is 6.74. The maximum Gasteiger partial charge on any atom is 0.430 e. The third-order valence-corrected chi connectivity index (χ3v) is 3.59. The molecule has 0 amide bonds. The van der Waals surface area contributed by atoms with E-state index in [1.54, 1.807) is 0 Å². The van der Waals surface area contributed by atoms with Crippen molar-refractivity contribution in [2.24, 2.45) is 0 Å². The molecule has 0 radical (unpaired) electrons. The van der Waals surface area contributed by atoms with E-state index in [2.05, 4.69) is 5.32 Å². The summed E-state index contributed by atoms with van der Waals surface area (Å²) in [7, 11) is 0. The number of hydrogen-bond donors (Lipinski definition) is 2. The smallest absolute Gasteiger partial charge is 0.369 e. The number of rotatable bonds is 2. The molecule has 2 N–H and O–H groups in total. The van der Waals surface area contributed by atoms with E-state index in [-0.39, 0.29) is 12.4 Å². The van der Waals surface area contributed by atoms with Gasteiger partial charge in [0.15, 0.2) is 0 Å². The fraction of sp³-hybridized carbons (Fsp3) is 0.538. The highest BCUT2D eigenvalue weighted by molar-refractivity contribution is 5.85. The summed E-state index contributed by atoms with van der Waals surface area (Å²) in [6.45, 7) is 2.55. The molecule has 0 saturated carbocycles. The quantitative estimate of drug-likeness (QED) is 0.792. The van der Waals surface area contributed by atoms with Crippen molar-refractivity contribution < 1.29 is 31.4 Å². The van der Waals surface area contributed by atoms with Gasteiger partial charge in [0.2, 0.25) is 0 Å². The number of nitrogens with one attached hydrogen (secondary N) is 1. The molecular formula is C13H15ClF6N2O. The molecule has 3 nitrogen and oxygen atoms in total. The summed E-state index contributed by atoms with van der Waals surface area (Å²) in [6, 6.07) is 3.64. The highest BCUT2D eigenvalue weighted by Crippen LogP contribution is 2.50. The first kappa shape index (κ1) is 19.9. The zero-order valence-electron chi connectivity index (χ0n) is 11.7. The zero-order chi connectivity index (χ0) is 16.6. The number of aliphatic hydroxyl groups is 1. The fourth-order valence-corrected chi connectivity index (χ4v) is 2.32. The Morgan fingerprint density at radius 2 is 1.30 bits per heavy atom. The Hall–Kier alpha value is -1.19. The second-order valence-corrected chi connectivity index (χ2v) is 4.99. The Morgan fingerprint density at radius 1 is 0.870 bits per heavy atom. The maximum atomic E-state index is 12.8. The van der Waals surface area contributed by atoms with Crippen molar-refractivity contribution in [3.63, 3.8) is 0 Å². The minimum Gasteiger partial charge on any atom is -0.369 e. The molecule has 1 aromatic carbocycles. The topological polar surface area (TPSA) is 35.5 Å². The first-order valence-corrected chi connectivity index (χ1v) is 6.49. The van der Waals surface area contributed by atoms with Gasteiger partial charge in [0.05, 0.1) is 0 Å². The Bertz CT molecular complexity index is 497. The number of anilines is 1. The van der Waals surface area contributed by atoms with Gasteiger partial charge >= 0.3 is 12.4 Å². The number of hydrogen-bond acceptors (Lipinski definition) is 3. The molecule has 0 atom stereocenters. The van der Waals surface area contributed by atoms with E-state index in [1.165, 1.54) is 0 Å². The first-order valence-electron chi connectivity index (χ1n) is 6.49. The van der Waals surface area contributed by atoms with Gasteiger partial charge in [0.25, 0.3) is 5.60 Å². The van der Waals surface area contributed by atoms with E-state index in [0.29, 0.717) is 44.0 Å². The molecule has 1 aromatic rings. The van der Waals surface area contributed by atoms with E-state index < -0.39 is 23.5 Å². The van der Waals surface area contributed by atoms with Crippen LogP contribution in [0.15, 0.2) is 24.3 Å². The lowest BCUT2D eigenvalue weighted by atomic mass is 9.92. The molecule has 0 bridgehead atoms. The first-order chi connectivity index (χ1) is 10.1. The van der Waals surface area contributed by atoms with Crippen molar-refractivity contribution in [1.29, 1.82) is 0 Å². The predicted molar refractivity (Wildman–Crippen MR) is 74.8 cm³/mol. The van der Waals surface area contributed by atoms with Crippen molar-refractivity contribution in [3.05, 3.63) is 29.8 Å². The summed E-state index contributed by atoms with van der Waals surface area (Å²) >= 11 is 0. The van der Waals surface area contributed by atoms with E-state index >= 15 is 0 Å². The SMILES string of the molecule is Cl.OC(c1ccc(N2CCNCC2)cc1)(C(F)(F)F)C(F)(F)F. The third-order valence-electron chi connectivity index (χ3n) is 3.59. The molecule has 10 heteroatoms. The molecular weight excluding hydrogens is 350 g/mol. The van der Waals surface area contributed by atoms with Crippen molar-refractivity contribution in [2.75, 3.05) is 31.1 Å². The monoisotopic (exact) mass is 364 g/mol. The van der Waals surface area contributed by atoms with Crippen LogP contribution >= 0.6 is 12.4 Å². The molecule has 0 unspecified atom stereocenters. The lowest BCUT2D eigenvalue weighted by Gasteiger charge is -2.33. The number of halogens is 7. The summed E-state index contributed by atoms with van der Waals surface area (Å²) in [5, 5.41) is 12.4. The second-order valence-electron chi connectivity index (χ2n) is 4.99. The minimum absolute atomic E-state index is 0. The highest BCUT2D eigenvalue weighted by Gasteiger charge is 2.71. The molecule has 0 aromatic heterocycles. The van der Waals surface area contributed by atoms with Gasteiger partial charge in [-0.25, -0.2) is 0 Å². The molecule has 0 spiro atoms. The predicted octanol–water partition coefficient (Wildman–Crippen LogP) is 2.83. The maximum absolute atomic E-state index is 12.8. The van der Waals surface area contributed by atoms with Gasteiger partial charge < -0.3 is 15.3 Å². The summed E-state index contributed by atoms with van der Waals surface area (Å²) < 4.78 is 76.5. The lowest BCUT2D eigenvalue weighted by Crippen LogP contribution is -2.53. The van der Waals surface area contributed by atoms with Gasteiger partial charge in [0, 0.05) is 37.4 Å². The largest absolute Gasteiger partial charge is 0.430 e. The van der Waals surface area contributed by atoms with Crippen LogP contribution in [0.4, 0.5) is 32.0 Å². The summed E-state index contributed by atoms with van der Waals surface area (Å²) in [6.07, 6.45) is -11.7. The normalized spacial score (nSPS) is 16.9. The average molecular weight is 365 g/mol. The number of nitrogens with zero attached hydrogens (tertiary/aromatic N) is 1. The van der Waals surface area contributed by atoms with Crippen LogP contribution in [0.1, 0.15) is 5.56 Å². The molecule has 132 valence electrons. The fourth-order valence-electron chi connectivity index (χ4n) is 2.32. The van der Waals surface area contributed by atoms with Gasteiger partial charge in [-0.3, -0.25) is 0 Å². The van der Waals surface area contributed by atoms with Crippen LogP contribution in [0.3, 0.4) is 0 Å². The van der Waals surface area contributed by atoms with Crippen molar-refractivity contribution in [2.45, 2.75) is 18.0 Å². The number of piperazine rings is 1. The van der Waals surface area contributed by atoms with Crippen LogP contribution < -0.4 is 10.2 Å². The molecule has 1 fully saturated rings. The Balaban J connectivity index is 0.00000264. The third kappa shape index (κ3) is 3.67. The van der Waals surface area contributed by atoms with Crippen LogP contribution in [0, 0.1) is 0 Å². The van der Waals surface area contributed by atoms with Gasteiger partial charge in [-0.1, -0.05) is 12.1 Å². The summed E-state index contributed by atoms with van der Waals surface area (Å²) in [5.41, 5.74) is -5.61. The molecule has 0 aliphatic carbocycles. The molecule has 2 rings (SSSR count). The standard InChI is InChI=1S/C13H14F6N2O.ClH/c14-12(15,16)11(22,13(17,18)19)9-1-3-10(4-2-9)21-7-5-20-6-8-21;/h1-4,20,22H,5-8H2;1H. The molecule has 23 heavy (non-hydrogen) atoms. The summed E-state index contributed by atoms with van der Waals surface area (Å²) in [4.78, 5) is 1.83. The van der Waals surface area contributed by atoms with Crippen molar-refractivity contribution >= 4 is 18.1 Å². The van der Waals surface area contributed by atoms with Gasteiger partial charge in [-0.05, 0) is 12.1 Å². The summed E-state index contributed by atoms with van der Waals surface area (Å²) in [5.74, 6) is 0. The van der Waals surface area contributed by atoms with E-state index in [1.807, 2.05) is 4.90 Å². The van der Waals surface area contributed by atoms with Crippen LogP contribution in [-0.2, 0) is 5.60 Å². The molecule has 1 saturated heterocycles. The highest BCUT2D eigenvalue weighted by atomic mass is 35.5. The van der Waals surface area contributed by atoms with E-state index in [4.69, 9.17) is 0 Å². The van der Waals surface area contributed by atoms with Crippen LogP contribution in [0.25, 0.3) is 0 Å².